The van der Waals surface area contributed by atoms with E-state index >= 15 is 0 Å². The van der Waals surface area contributed by atoms with E-state index < -0.39 is 35.6 Å². The second-order valence-electron chi connectivity index (χ2n) is 4.61. The molecule has 1 aromatic heterocycles. The average Bonchev–Trinajstić information content (AvgIpc) is 3.02. The molecule has 0 saturated heterocycles. The van der Waals surface area contributed by atoms with Crippen molar-refractivity contribution in [3.8, 4) is 17.1 Å². The summed E-state index contributed by atoms with van der Waals surface area (Å²) in [5.74, 6) is -7.49. The Morgan fingerprint density at radius 3 is 2.42 bits per heavy atom. The van der Waals surface area contributed by atoms with Crippen LogP contribution in [0.25, 0.3) is 11.4 Å². The molecule has 0 saturated carbocycles. The number of rotatable bonds is 4. The number of nitrogens with zero attached hydrogens (tertiary/aromatic N) is 2. The lowest BCUT2D eigenvalue weighted by atomic mass is 10.2. The van der Waals surface area contributed by atoms with Gasteiger partial charge in [0.1, 0.15) is 0 Å². The second kappa shape index (κ2) is 6.60. The molecule has 0 aliphatic rings. The fraction of sp³-hybridized carbons (Fsp3) is 0.0667. The molecule has 124 valence electrons. The molecule has 0 unspecified atom stereocenters. The van der Waals surface area contributed by atoms with Crippen molar-refractivity contribution in [2.45, 2.75) is 6.61 Å². The summed E-state index contributed by atoms with van der Waals surface area (Å²) in [6.07, 6.45) is 0. The third kappa shape index (κ3) is 3.25. The van der Waals surface area contributed by atoms with Gasteiger partial charge in [-0.05, 0) is 12.1 Å². The fourth-order valence-corrected chi connectivity index (χ4v) is 2.27. The first kappa shape index (κ1) is 16.4. The first-order chi connectivity index (χ1) is 11.5. The molecule has 0 aliphatic carbocycles. The van der Waals surface area contributed by atoms with Crippen LogP contribution in [0.5, 0.6) is 5.75 Å². The molecule has 9 heteroatoms. The normalized spacial score (nSPS) is 10.9. The van der Waals surface area contributed by atoms with E-state index in [9.17, 15) is 17.6 Å². The smallest absolute Gasteiger partial charge is 0.264 e. The van der Waals surface area contributed by atoms with Gasteiger partial charge in [-0.25, -0.2) is 8.78 Å². The molecule has 0 fully saturated rings. The van der Waals surface area contributed by atoms with Gasteiger partial charge < -0.3 is 9.26 Å². The van der Waals surface area contributed by atoms with Crippen LogP contribution >= 0.6 is 15.9 Å². The second-order valence-corrected chi connectivity index (χ2v) is 5.52. The van der Waals surface area contributed by atoms with E-state index in [1.54, 1.807) is 24.3 Å². The van der Waals surface area contributed by atoms with Crippen LogP contribution in [0.4, 0.5) is 17.6 Å². The van der Waals surface area contributed by atoms with Crippen molar-refractivity contribution in [1.29, 1.82) is 0 Å². The molecule has 0 radical (unpaired) electrons. The van der Waals surface area contributed by atoms with Crippen molar-refractivity contribution < 1.29 is 26.8 Å². The number of halogens is 5. The van der Waals surface area contributed by atoms with E-state index in [4.69, 9.17) is 9.26 Å². The van der Waals surface area contributed by atoms with Gasteiger partial charge in [0.25, 0.3) is 5.89 Å². The summed E-state index contributed by atoms with van der Waals surface area (Å²) >= 11 is 3.29. The van der Waals surface area contributed by atoms with Crippen LogP contribution in [0.3, 0.4) is 0 Å². The third-order valence-corrected chi connectivity index (χ3v) is 3.46. The maximum atomic E-state index is 13.5. The number of aromatic nitrogens is 2. The molecule has 1 heterocycles. The highest BCUT2D eigenvalue weighted by Gasteiger charge is 2.21. The molecule has 0 N–H and O–H groups in total. The van der Waals surface area contributed by atoms with Gasteiger partial charge in [-0.2, -0.15) is 13.8 Å². The fourth-order valence-electron chi connectivity index (χ4n) is 1.87. The largest absolute Gasteiger partial charge is 0.477 e. The summed E-state index contributed by atoms with van der Waals surface area (Å²) in [6.45, 7) is -0.558. The van der Waals surface area contributed by atoms with Gasteiger partial charge in [-0.3, -0.25) is 0 Å². The Hall–Kier alpha value is -2.42. The summed E-state index contributed by atoms with van der Waals surface area (Å²) in [6, 6.07) is 7.11. The van der Waals surface area contributed by atoms with E-state index in [-0.39, 0.29) is 17.8 Å². The zero-order valence-corrected chi connectivity index (χ0v) is 13.3. The zero-order valence-electron chi connectivity index (χ0n) is 11.7. The molecule has 24 heavy (non-hydrogen) atoms. The van der Waals surface area contributed by atoms with E-state index in [2.05, 4.69) is 26.1 Å². The lowest BCUT2D eigenvalue weighted by Crippen LogP contribution is -2.04. The Labute approximate surface area is 141 Å². The molecule has 2 aromatic carbocycles. The number of benzene rings is 2. The topological polar surface area (TPSA) is 48.2 Å². The van der Waals surface area contributed by atoms with Gasteiger partial charge in [0.15, 0.2) is 24.0 Å². The van der Waals surface area contributed by atoms with E-state index in [0.717, 1.165) is 4.47 Å². The van der Waals surface area contributed by atoms with Crippen LogP contribution in [-0.4, -0.2) is 10.1 Å². The molecule has 4 nitrogen and oxygen atoms in total. The number of hydrogen-bond acceptors (Lipinski definition) is 4. The first-order valence-electron chi connectivity index (χ1n) is 6.50. The van der Waals surface area contributed by atoms with Gasteiger partial charge in [-0.1, -0.05) is 33.2 Å². The predicted octanol–water partition coefficient (Wildman–Crippen LogP) is 4.63. The maximum absolute atomic E-state index is 13.5. The van der Waals surface area contributed by atoms with E-state index in [1.807, 2.05) is 0 Å². The number of hydrogen-bond donors (Lipinski definition) is 0. The summed E-state index contributed by atoms with van der Waals surface area (Å²) in [5, 5.41) is 3.70. The third-order valence-electron chi connectivity index (χ3n) is 2.96. The molecule has 0 atom stereocenters. The van der Waals surface area contributed by atoms with Crippen molar-refractivity contribution in [3.05, 3.63) is 64.0 Å². The average molecular weight is 403 g/mol. The molecule has 3 aromatic rings. The van der Waals surface area contributed by atoms with E-state index in [1.165, 1.54) is 0 Å². The van der Waals surface area contributed by atoms with Crippen LogP contribution in [-0.2, 0) is 6.61 Å². The molecule has 0 spiro atoms. The Morgan fingerprint density at radius 1 is 1.04 bits per heavy atom. The predicted molar refractivity (Wildman–Crippen MR) is 78.0 cm³/mol. The summed E-state index contributed by atoms with van der Waals surface area (Å²) < 4.78 is 63.6. The van der Waals surface area contributed by atoms with E-state index in [0.29, 0.717) is 5.56 Å². The highest BCUT2D eigenvalue weighted by molar-refractivity contribution is 9.10. The Balaban J connectivity index is 1.80. The minimum atomic E-state index is -1.64. The quantitative estimate of drug-likeness (QED) is 0.471. The molecule has 0 aliphatic heterocycles. The summed E-state index contributed by atoms with van der Waals surface area (Å²) in [4.78, 5) is 3.98. The Bertz CT molecular complexity index is 875. The Kier molecular flexibility index (Phi) is 4.52. The van der Waals surface area contributed by atoms with Crippen molar-refractivity contribution in [2.24, 2.45) is 0 Å². The van der Waals surface area contributed by atoms with Gasteiger partial charge in [0, 0.05) is 16.1 Å². The SMILES string of the molecule is Fc1cc(F)c(F)c(OCc2nc(-c3cccc(Br)c3)no2)c1F. The van der Waals surface area contributed by atoms with Crippen LogP contribution in [0.2, 0.25) is 0 Å². The van der Waals surface area contributed by atoms with Crippen molar-refractivity contribution >= 4 is 15.9 Å². The monoisotopic (exact) mass is 402 g/mol. The molecule has 0 bridgehead atoms. The van der Waals surface area contributed by atoms with Crippen molar-refractivity contribution in [3.63, 3.8) is 0 Å². The highest BCUT2D eigenvalue weighted by Crippen LogP contribution is 2.27. The molecular weight excluding hydrogens is 396 g/mol. The summed E-state index contributed by atoms with van der Waals surface area (Å²) in [5.41, 5.74) is 0.633. The number of ether oxygens (including phenoxy) is 1. The maximum Gasteiger partial charge on any atom is 0.264 e. The molecule has 3 rings (SSSR count). The minimum Gasteiger partial charge on any atom is -0.477 e. The van der Waals surface area contributed by atoms with Crippen LogP contribution in [0, 0.1) is 23.3 Å². The van der Waals surface area contributed by atoms with Crippen LogP contribution in [0.1, 0.15) is 5.89 Å². The minimum absolute atomic E-state index is 0.0928. The summed E-state index contributed by atoms with van der Waals surface area (Å²) in [7, 11) is 0. The highest BCUT2D eigenvalue weighted by atomic mass is 79.9. The molecular formula is C15H7BrF4N2O2. The Morgan fingerprint density at radius 2 is 1.75 bits per heavy atom. The molecule has 0 amide bonds. The van der Waals surface area contributed by atoms with Crippen LogP contribution in [0.15, 0.2) is 39.3 Å². The lowest BCUT2D eigenvalue weighted by molar-refractivity contribution is 0.218. The first-order valence-corrected chi connectivity index (χ1v) is 7.29. The van der Waals surface area contributed by atoms with Crippen molar-refractivity contribution in [2.75, 3.05) is 0 Å². The van der Waals surface area contributed by atoms with Gasteiger partial charge in [-0.15, -0.1) is 0 Å². The lowest BCUT2D eigenvalue weighted by Gasteiger charge is -2.07. The van der Waals surface area contributed by atoms with Crippen molar-refractivity contribution in [1.82, 2.24) is 10.1 Å². The van der Waals surface area contributed by atoms with Gasteiger partial charge >= 0.3 is 0 Å². The van der Waals surface area contributed by atoms with Crippen LogP contribution < -0.4 is 4.74 Å². The zero-order chi connectivity index (χ0) is 17.3. The van der Waals surface area contributed by atoms with Gasteiger partial charge in [0.2, 0.25) is 17.5 Å². The van der Waals surface area contributed by atoms with Gasteiger partial charge in [0.05, 0.1) is 0 Å². The standard InChI is InChI=1S/C15H7BrF4N2O2/c16-8-3-1-2-7(4-8)15-21-11(24-22-15)6-23-14-12(19)9(17)5-10(18)13(14)20/h1-5H,6H2.